The Morgan fingerprint density at radius 2 is 0.710 bits per heavy atom. The highest BCUT2D eigenvalue weighted by Crippen LogP contribution is 2.42. The highest BCUT2D eigenvalue weighted by molar-refractivity contribution is 7.98. The third-order valence-corrected chi connectivity index (χ3v) is 14.4. The van der Waals surface area contributed by atoms with Crippen LogP contribution in [-0.4, -0.2) is 50.4 Å². The van der Waals surface area contributed by atoms with E-state index in [1.54, 1.807) is 0 Å². The zero-order valence-corrected chi connectivity index (χ0v) is 34.1. The van der Waals surface area contributed by atoms with E-state index < -0.39 is 6.17 Å². The van der Waals surface area contributed by atoms with Crippen molar-refractivity contribution in [3.63, 3.8) is 0 Å². The summed E-state index contributed by atoms with van der Waals surface area (Å²) in [7, 11) is 0. The Morgan fingerprint density at radius 1 is 0.371 bits per heavy atom. The average molecular weight is 815 g/mol. The molecular weight excluding hydrogens is 781 g/mol. The molecule has 1 saturated carbocycles. The van der Waals surface area contributed by atoms with Gasteiger partial charge in [0.05, 0.1) is 0 Å². The summed E-state index contributed by atoms with van der Waals surface area (Å²) in [5.74, 6) is 4.66. The average Bonchev–Trinajstić information content (AvgIpc) is 4.15. The van der Waals surface area contributed by atoms with Crippen molar-refractivity contribution in [3.05, 3.63) is 190 Å². The lowest BCUT2D eigenvalue weighted by Gasteiger charge is -2.26. The van der Waals surface area contributed by atoms with Crippen molar-refractivity contribution in [2.45, 2.75) is 37.1 Å². The third-order valence-electron chi connectivity index (χ3n) is 13.0. The molecule has 1 aliphatic carbocycles. The summed E-state index contributed by atoms with van der Waals surface area (Å²) >= 11 is 1.84. The molecule has 1 fully saturated rings. The standard InChI is InChI=1S/C53H34N8S/c1-3-13-31-23-40-38(21-29(31)11-1)46-54-47-39-22-30-12-2-4-14-32(30)24-41(39)49(56-47)58-51-43-26-34-16-6-8-18-36(34)28-45(43)53(60-51)61(62-37-19-9-10-20-37)52-44-27-35-17-7-5-15-33(35)25-42(44)50(59-52)57-48(40)55-46/h1-8,11-18,21-28,37,46H,9-10,19-20H2. The van der Waals surface area contributed by atoms with Gasteiger partial charge in [-0.3, -0.25) is 0 Å². The van der Waals surface area contributed by atoms with E-state index in [0.717, 1.165) is 112 Å². The maximum atomic E-state index is 5.55. The summed E-state index contributed by atoms with van der Waals surface area (Å²) in [5.41, 5.74) is 7.76. The first-order chi connectivity index (χ1) is 30.6. The van der Waals surface area contributed by atoms with Crippen molar-refractivity contribution in [1.82, 2.24) is 4.31 Å². The molecule has 5 heterocycles. The van der Waals surface area contributed by atoms with Crippen LogP contribution in [0.5, 0.6) is 0 Å². The van der Waals surface area contributed by atoms with Crippen LogP contribution >= 0.6 is 11.9 Å². The first kappa shape index (κ1) is 34.4. The van der Waals surface area contributed by atoms with Crippen LogP contribution in [0.1, 0.15) is 76.4 Å². The van der Waals surface area contributed by atoms with Crippen LogP contribution in [-0.2, 0) is 0 Å². The highest BCUT2D eigenvalue weighted by atomic mass is 32.2. The molecule has 8 aromatic carbocycles. The summed E-state index contributed by atoms with van der Waals surface area (Å²) in [6.07, 6.45) is 4.10. The molecule has 0 radical (unpaired) electrons. The third kappa shape index (κ3) is 5.24. The van der Waals surface area contributed by atoms with Gasteiger partial charge in [-0.15, -0.1) is 0 Å². The summed E-state index contributed by atoms with van der Waals surface area (Å²) in [6, 6.07) is 51.7. The van der Waals surface area contributed by atoms with E-state index in [1.165, 1.54) is 12.8 Å². The van der Waals surface area contributed by atoms with Crippen molar-refractivity contribution in [3.8, 4) is 0 Å². The number of hydrogen-bond acceptors (Lipinski definition) is 9. The van der Waals surface area contributed by atoms with Crippen LogP contribution in [0.4, 0.5) is 0 Å². The summed E-state index contributed by atoms with van der Waals surface area (Å²) < 4.78 is 2.31. The molecule has 0 N–H and O–H groups in total. The number of amidine groups is 7. The maximum Gasteiger partial charge on any atom is 0.170 e. The van der Waals surface area contributed by atoms with E-state index in [-0.39, 0.29) is 0 Å². The van der Waals surface area contributed by atoms with Crippen LogP contribution < -0.4 is 0 Å². The molecule has 1 unspecified atom stereocenters. The predicted octanol–water partition coefficient (Wildman–Crippen LogP) is 11.6. The number of hydrogen-bond donors (Lipinski definition) is 0. The molecule has 0 aromatic heterocycles. The lowest BCUT2D eigenvalue weighted by atomic mass is 9.99. The van der Waals surface area contributed by atoms with E-state index >= 15 is 0 Å². The molecule has 14 rings (SSSR count). The van der Waals surface area contributed by atoms with E-state index in [4.69, 9.17) is 34.9 Å². The van der Waals surface area contributed by atoms with Gasteiger partial charge >= 0.3 is 0 Å². The molecule has 0 amide bonds. The lowest BCUT2D eigenvalue weighted by Crippen LogP contribution is -2.33. The summed E-state index contributed by atoms with van der Waals surface area (Å²) in [4.78, 5) is 38.0. The molecule has 8 nitrogen and oxygen atoms in total. The Bertz CT molecular complexity index is 3590. The SMILES string of the molecule is c1ccc2cc3c(cc2c1)C1=NC3=NC2N=C(N=C3N=C(c4cc5ccccc5cc43)N(SC3CCCC3)C3=NC(=N1)c1cc4ccccc4cc13)c1cc3ccccc3cc12. The quantitative estimate of drug-likeness (QED) is 0.163. The van der Waals surface area contributed by atoms with Crippen LogP contribution in [0.2, 0.25) is 0 Å². The Kier molecular flexibility index (Phi) is 7.24. The van der Waals surface area contributed by atoms with E-state index in [9.17, 15) is 0 Å². The van der Waals surface area contributed by atoms with Crippen LogP contribution in [0, 0.1) is 0 Å². The zero-order chi connectivity index (χ0) is 40.5. The number of nitrogens with zero attached hydrogens (tertiary/aromatic N) is 8. The topological polar surface area (TPSA) is 89.8 Å². The Labute approximate surface area is 360 Å². The fourth-order valence-electron chi connectivity index (χ4n) is 9.92. The van der Waals surface area contributed by atoms with Crippen LogP contribution in [0.15, 0.2) is 181 Å². The van der Waals surface area contributed by atoms with Gasteiger partial charge < -0.3 is 0 Å². The zero-order valence-electron chi connectivity index (χ0n) is 33.3. The summed E-state index contributed by atoms with van der Waals surface area (Å²) in [5, 5.41) is 9.41. The normalized spacial score (nSPS) is 18.5. The van der Waals surface area contributed by atoms with Gasteiger partial charge in [-0.05, 0) is 116 Å². The van der Waals surface area contributed by atoms with Crippen molar-refractivity contribution >= 4 is 95.9 Å². The molecule has 62 heavy (non-hydrogen) atoms. The number of rotatable bonds is 2. The van der Waals surface area contributed by atoms with E-state index in [1.807, 2.05) is 11.9 Å². The fourth-order valence-corrected chi connectivity index (χ4v) is 11.2. The van der Waals surface area contributed by atoms with Gasteiger partial charge in [0.2, 0.25) is 0 Å². The molecule has 5 aliphatic heterocycles. The molecule has 8 bridgehead atoms. The lowest BCUT2D eigenvalue weighted by molar-refractivity contribution is 0.797. The van der Waals surface area contributed by atoms with Gasteiger partial charge in [0.25, 0.3) is 0 Å². The molecule has 0 saturated heterocycles. The molecule has 8 aromatic rings. The molecular formula is C53H34N8S. The molecule has 9 heteroatoms. The Balaban J connectivity index is 1.09. The number of aliphatic imine (C=N–C) groups is 7. The Morgan fingerprint density at radius 3 is 1.18 bits per heavy atom. The monoisotopic (exact) mass is 814 g/mol. The van der Waals surface area contributed by atoms with Gasteiger partial charge in [-0.2, -0.15) is 0 Å². The molecule has 6 aliphatic rings. The van der Waals surface area contributed by atoms with Gasteiger partial charge in [-0.25, -0.2) is 39.3 Å². The Hall–Kier alpha value is -7.36. The molecule has 292 valence electrons. The fraction of sp³-hybridized carbons (Fsp3) is 0.113. The van der Waals surface area contributed by atoms with Crippen molar-refractivity contribution in [2.75, 3.05) is 0 Å². The van der Waals surface area contributed by atoms with Gasteiger partial charge in [-0.1, -0.05) is 110 Å². The molecule has 1 atom stereocenters. The summed E-state index contributed by atoms with van der Waals surface area (Å²) in [6.45, 7) is 0. The smallest absolute Gasteiger partial charge is 0.170 e. The first-order valence-electron chi connectivity index (χ1n) is 21.3. The van der Waals surface area contributed by atoms with E-state index in [0.29, 0.717) is 34.4 Å². The van der Waals surface area contributed by atoms with Crippen molar-refractivity contribution in [1.29, 1.82) is 0 Å². The first-order valence-corrected chi connectivity index (χ1v) is 22.2. The van der Waals surface area contributed by atoms with Crippen LogP contribution in [0.25, 0.3) is 43.1 Å². The minimum Gasteiger partial charge on any atom is -0.250 e. The second-order valence-electron chi connectivity index (χ2n) is 16.8. The molecule has 0 spiro atoms. The van der Waals surface area contributed by atoms with Gasteiger partial charge in [0.15, 0.2) is 47.0 Å². The van der Waals surface area contributed by atoms with Crippen LogP contribution in [0.3, 0.4) is 0 Å². The van der Waals surface area contributed by atoms with Gasteiger partial charge in [0, 0.05) is 49.8 Å². The predicted molar refractivity (Wildman–Crippen MR) is 256 cm³/mol. The number of benzene rings is 8. The maximum absolute atomic E-state index is 5.55. The number of fused-ring (bicyclic) bond motifs is 20. The van der Waals surface area contributed by atoms with Crippen molar-refractivity contribution in [2.24, 2.45) is 34.9 Å². The second-order valence-corrected chi connectivity index (χ2v) is 18.0. The minimum absolute atomic E-state index is 0.402. The van der Waals surface area contributed by atoms with Crippen molar-refractivity contribution < 1.29 is 0 Å². The highest BCUT2D eigenvalue weighted by Gasteiger charge is 2.38. The second kappa shape index (κ2) is 13.1. The van der Waals surface area contributed by atoms with Gasteiger partial charge in [0.1, 0.15) is 0 Å². The largest absolute Gasteiger partial charge is 0.250 e. The minimum atomic E-state index is -0.578. The van der Waals surface area contributed by atoms with E-state index in [2.05, 4.69) is 150 Å².